The first-order valence-electron chi connectivity index (χ1n) is 9.12. The fourth-order valence-electron chi connectivity index (χ4n) is 2.69. The maximum atomic E-state index is 9.10. The van der Waals surface area contributed by atoms with Gasteiger partial charge in [-0.1, -0.05) is 24.3 Å². The second-order valence-corrected chi connectivity index (χ2v) is 7.24. The molecule has 0 unspecified atom stereocenters. The lowest BCUT2D eigenvalue weighted by atomic mass is 10.1. The van der Waals surface area contributed by atoms with E-state index in [0.29, 0.717) is 13.2 Å². The van der Waals surface area contributed by atoms with Gasteiger partial charge in [-0.3, -0.25) is 4.98 Å². The molecule has 2 aromatic carbocycles. The van der Waals surface area contributed by atoms with Crippen molar-refractivity contribution in [3.05, 3.63) is 64.3 Å². The van der Waals surface area contributed by atoms with E-state index in [1.165, 1.54) is 5.56 Å². The van der Waals surface area contributed by atoms with E-state index in [4.69, 9.17) is 29.3 Å². The van der Waals surface area contributed by atoms with Crippen molar-refractivity contribution in [3.63, 3.8) is 0 Å². The summed E-state index contributed by atoms with van der Waals surface area (Å²) in [6.07, 6.45) is 2.60. The number of ether oxygens (including phenoxy) is 2. The molecule has 1 aromatic heterocycles. The molecule has 0 amide bonds. The molecule has 0 atom stereocenters. The number of hydrogen-bond donors (Lipinski definition) is 2. The Morgan fingerprint density at radius 1 is 1.00 bits per heavy atom. The first-order valence-corrected chi connectivity index (χ1v) is 9.91. The molecule has 0 aliphatic rings. The van der Waals surface area contributed by atoms with Gasteiger partial charge in [-0.15, -0.1) is 0 Å². The number of halogens is 1. The van der Waals surface area contributed by atoms with Gasteiger partial charge >= 0.3 is 11.9 Å². The fourth-order valence-corrected chi connectivity index (χ4v) is 3.48. The molecule has 0 aliphatic heterocycles. The van der Waals surface area contributed by atoms with Crippen LogP contribution in [0.5, 0.6) is 11.5 Å². The molecule has 8 heteroatoms. The van der Waals surface area contributed by atoms with Gasteiger partial charge in [0.25, 0.3) is 0 Å². The van der Waals surface area contributed by atoms with E-state index in [0.717, 1.165) is 38.9 Å². The Morgan fingerprint density at radius 2 is 1.67 bits per heavy atom. The van der Waals surface area contributed by atoms with Crippen molar-refractivity contribution < 1.29 is 29.3 Å². The van der Waals surface area contributed by atoms with Crippen LogP contribution in [0, 0.1) is 13.8 Å². The highest BCUT2D eigenvalue weighted by Crippen LogP contribution is 2.30. The molecule has 3 aromatic rings. The van der Waals surface area contributed by atoms with Gasteiger partial charge in [-0.05, 0) is 59.1 Å². The van der Waals surface area contributed by atoms with Gasteiger partial charge in [-0.25, -0.2) is 9.59 Å². The summed E-state index contributed by atoms with van der Waals surface area (Å²) < 4.78 is 12.8. The predicted octanol–water partition coefficient (Wildman–Crippen LogP) is 4.62. The molecule has 158 valence electrons. The molecular formula is C22H22BrNO6. The highest BCUT2D eigenvalue weighted by Gasteiger charge is 2.07. The Bertz CT molecular complexity index is 997. The lowest BCUT2D eigenvalue weighted by Gasteiger charge is -2.13. The molecule has 3 rings (SSSR count). The first kappa shape index (κ1) is 23.2. The lowest BCUT2D eigenvalue weighted by molar-refractivity contribution is -0.159. The van der Waals surface area contributed by atoms with E-state index in [1.54, 1.807) is 6.20 Å². The average Bonchev–Trinajstić information content (AvgIpc) is 2.70. The Morgan fingerprint density at radius 3 is 2.33 bits per heavy atom. The van der Waals surface area contributed by atoms with Crippen LogP contribution >= 0.6 is 15.9 Å². The van der Waals surface area contributed by atoms with E-state index in [2.05, 4.69) is 46.9 Å². The third-order valence-electron chi connectivity index (χ3n) is 3.94. The lowest BCUT2D eigenvalue weighted by Crippen LogP contribution is -2.09. The van der Waals surface area contributed by atoms with Crippen molar-refractivity contribution in [2.24, 2.45) is 0 Å². The maximum absolute atomic E-state index is 9.10. The van der Waals surface area contributed by atoms with E-state index in [-0.39, 0.29) is 0 Å². The molecule has 2 N–H and O–H groups in total. The summed E-state index contributed by atoms with van der Waals surface area (Å²) in [4.78, 5) is 22.6. The van der Waals surface area contributed by atoms with E-state index in [1.807, 2.05) is 30.3 Å². The number of para-hydroxylation sites is 1. The summed E-state index contributed by atoms with van der Waals surface area (Å²) in [6.45, 7) is 5.35. The van der Waals surface area contributed by atoms with Gasteiger partial charge in [0, 0.05) is 18.0 Å². The minimum atomic E-state index is -1.82. The quantitative estimate of drug-likeness (QED) is 0.395. The van der Waals surface area contributed by atoms with Crippen molar-refractivity contribution in [3.8, 4) is 11.5 Å². The highest BCUT2D eigenvalue weighted by atomic mass is 79.9. The zero-order valence-electron chi connectivity index (χ0n) is 16.6. The number of carbonyl (C=O) groups is 2. The third kappa shape index (κ3) is 6.73. The third-order valence-corrected chi connectivity index (χ3v) is 4.53. The number of fused-ring (bicyclic) bond motifs is 1. The number of aromatic nitrogens is 1. The number of aliphatic carboxylic acids is 2. The SMILES string of the molecule is Cc1cc(C)c(OCCCOc2cccc3cccnc23)c(Br)c1.O=C(O)C(=O)O. The highest BCUT2D eigenvalue weighted by molar-refractivity contribution is 9.10. The maximum Gasteiger partial charge on any atom is 0.414 e. The van der Waals surface area contributed by atoms with Crippen LogP contribution in [-0.4, -0.2) is 40.3 Å². The Hall–Kier alpha value is -3.13. The molecule has 7 nitrogen and oxygen atoms in total. The van der Waals surface area contributed by atoms with Gasteiger partial charge in [0.05, 0.1) is 17.7 Å². The van der Waals surface area contributed by atoms with Crippen LogP contribution in [0.4, 0.5) is 0 Å². The summed E-state index contributed by atoms with van der Waals surface area (Å²) >= 11 is 3.57. The van der Waals surface area contributed by atoms with Crippen LogP contribution < -0.4 is 9.47 Å². The number of aryl methyl sites for hydroxylation is 2. The molecule has 0 saturated carbocycles. The van der Waals surface area contributed by atoms with Crippen molar-refractivity contribution in [1.29, 1.82) is 0 Å². The minimum absolute atomic E-state index is 0.595. The minimum Gasteiger partial charge on any atom is -0.492 e. The van der Waals surface area contributed by atoms with Crippen molar-refractivity contribution in [2.45, 2.75) is 20.3 Å². The monoisotopic (exact) mass is 475 g/mol. The summed E-state index contributed by atoms with van der Waals surface area (Å²) in [5.41, 5.74) is 3.26. The summed E-state index contributed by atoms with van der Waals surface area (Å²) in [7, 11) is 0. The Kier molecular flexibility index (Phi) is 8.61. The molecule has 0 bridgehead atoms. The largest absolute Gasteiger partial charge is 0.492 e. The molecule has 0 aliphatic carbocycles. The molecule has 30 heavy (non-hydrogen) atoms. The number of pyridine rings is 1. The van der Waals surface area contributed by atoms with Crippen molar-refractivity contribution in [1.82, 2.24) is 4.98 Å². The fraction of sp³-hybridized carbons (Fsp3) is 0.227. The number of hydrogen-bond acceptors (Lipinski definition) is 5. The molecule has 0 fully saturated rings. The zero-order valence-corrected chi connectivity index (χ0v) is 18.2. The van der Waals surface area contributed by atoms with Gasteiger partial charge in [0.1, 0.15) is 17.0 Å². The smallest absolute Gasteiger partial charge is 0.414 e. The molecular weight excluding hydrogens is 454 g/mol. The van der Waals surface area contributed by atoms with Gasteiger partial charge in [0.15, 0.2) is 0 Å². The van der Waals surface area contributed by atoms with Crippen LogP contribution in [0.2, 0.25) is 0 Å². The van der Waals surface area contributed by atoms with E-state index < -0.39 is 11.9 Å². The number of carboxylic acid groups (broad SMARTS) is 2. The van der Waals surface area contributed by atoms with Crippen LogP contribution in [0.1, 0.15) is 17.5 Å². The topological polar surface area (TPSA) is 106 Å². The van der Waals surface area contributed by atoms with E-state index >= 15 is 0 Å². The second-order valence-electron chi connectivity index (χ2n) is 6.38. The van der Waals surface area contributed by atoms with Gasteiger partial charge in [-0.2, -0.15) is 0 Å². The van der Waals surface area contributed by atoms with Crippen LogP contribution in [0.25, 0.3) is 10.9 Å². The van der Waals surface area contributed by atoms with Crippen molar-refractivity contribution >= 4 is 38.8 Å². The van der Waals surface area contributed by atoms with Gasteiger partial charge < -0.3 is 19.7 Å². The summed E-state index contributed by atoms with van der Waals surface area (Å²) in [5.74, 6) is -1.92. The zero-order chi connectivity index (χ0) is 22.1. The number of benzene rings is 2. The van der Waals surface area contributed by atoms with E-state index in [9.17, 15) is 0 Å². The van der Waals surface area contributed by atoms with Crippen molar-refractivity contribution in [2.75, 3.05) is 13.2 Å². The average molecular weight is 476 g/mol. The number of nitrogens with zero attached hydrogens (tertiary/aromatic N) is 1. The standard InChI is InChI=1S/C20H20BrNO2.C2H2O4/c1-14-12-15(2)20(17(21)13-14)24-11-5-10-23-18-8-3-6-16-7-4-9-22-19(16)18;3-1(4)2(5)6/h3-4,6-9,12-13H,5,10-11H2,1-2H3;(H,3,4)(H,5,6). The van der Waals surface area contributed by atoms with Crippen LogP contribution in [0.3, 0.4) is 0 Å². The summed E-state index contributed by atoms with van der Waals surface area (Å²) in [6, 6.07) is 14.1. The first-order chi connectivity index (χ1) is 14.3. The van der Waals surface area contributed by atoms with Crippen LogP contribution in [0.15, 0.2) is 53.1 Å². The number of carboxylic acids is 2. The molecule has 0 radical (unpaired) electrons. The number of rotatable bonds is 6. The predicted molar refractivity (Wildman–Crippen MR) is 116 cm³/mol. The van der Waals surface area contributed by atoms with Crippen LogP contribution in [-0.2, 0) is 9.59 Å². The Balaban J connectivity index is 0.000000469. The normalized spacial score (nSPS) is 10.1. The van der Waals surface area contributed by atoms with Gasteiger partial charge in [0.2, 0.25) is 0 Å². The molecule has 0 spiro atoms. The second kappa shape index (κ2) is 11.2. The molecule has 1 heterocycles. The summed E-state index contributed by atoms with van der Waals surface area (Å²) in [5, 5.41) is 15.9. The molecule has 0 saturated heterocycles. The Labute approximate surface area is 182 Å².